The molecule has 2 aromatic rings. The fourth-order valence-corrected chi connectivity index (χ4v) is 2.29. The number of nitrogens with two attached hydrogens (primary N) is 1. The quantitative estimate of drug-likeness (QED) is 0.891. The van der Waals surface area contributed by atoms with E-state index >= 15 is 0 Å². The van der Waals surface area contributed by atoms with Gasteiger partial charge in [-0.15, -0.1) is 0 Å². The summed E-state index contributed by atoms with van der Waals surface area (Å²) < 4.78 is 39.9. The van der Waals surface area contributed by atoms with E-state index in [1.54, 1.807) is 18.5 Å². The van der Waals surface area contributed by atoms with E-state index in [9.17, 15) is 18.0 Å². The van der Waals surface area contributed by atoms with E-state index in [4.69, 9.17) is 10.8 Å². The molecule has 1 atom stereocenters. The zero-order valence-corrected chi connectivity index (χ0v) is 10.8. The van der Waals surface area contributed by atoms with Crippen molar-refractivity contribution in [1.82, 2.24) is 4.57 Å². The third-order valence-corrected chi connectivity index (χ3v) is 3.45. The van der Waals surface area contributed by atoms with Crippen molar-refractivity contribution >= 4 is 16.9 Å². The third kappa shape index (κ3) is 2.14. The zero-order valence-electron chi connectivity index (χ0n) is 10.8. The molecule has 1 unspecified atom stereocenters. The van der Waals surface area contributed by atoms with Crippen LogP contribution in [0.5, 0.6) is 0 Å². The lowest BCUT2D eigenvalue weighted by molar-refractivity contribution is -0.139. The molecule has 1 heterocycles. The van der Waals surface area contributed by atoms with Gasteiger partial charge in [-0.05, 0) is 25.1 Å². The van der Waals surface area contributed by atoms with Crippen LogP contribution in [0.25, 0.3) is 10.9 Å². The van der Waals surface area contributed by atoms with Crippen LogP contribution in [-0.4, -0.2) is 15.6 Å². The number of aryl methyl sites for hydroxylation is 1. The summed E-state index contributed by atoms with van der Waals surface area (Å²) in [6.45, 7) is 1.63. The lowest BCUT2D eigenvalue weighted by atomic mass is 10.0. The summed E-state index contributed by atoms with van der Waals surface area (Å²) in [4.78, 5) is 11.0. The van der Waals surface area contributed by atoms with Crippen molar-refractivity contribution in [2.24, 2.45) is 12.8 Å². The molecule has 0 aliphatic rings. The van der Waals surface area contributed by atoms with Crippen LogP contribution in [0.4, 0.5) is 13.2 Å². The molecular weight excluding hydrogens is 273 g/mol. The molecule has 4 nitrogen and oxygen atoms in total. The molecule has 0 amide bonds. The molecule has 108 valence electrons. The second-order valence-corrected chi connectivity index (χ2v) is 4.60. The molecule has 7 heteroatoms. The molecule has 0 radical (unpaired) electrons. The molecule has 0 saturated heterocycles. The van der Waals surface area contributed by atoms with E-state index in [2.05, 4.69) is 0 Å². The number of carboxylic acid groups (broad SMARTS) is 1. The molecule has 0 spiro atoms. The van der Waals surface area contributed by atoms with Crippen LogP contribution < -0.4 is 5.73 Å². The minimum absolute atomic E-state index is 0.209. The van der Waals surface area contributed by atoms with Gasteiger partial charge < -0.3 is 15.4 Å². The summed E-state index contributed by atoms with van der Waals surface area (Å²) >= 11 is 0. The Morgan fingerprint density at radius 2 is 2.00 bits per heavy atom. The van der Waals surface area contributed by atoms with Crippen molar-refractivity contribution in [3.8, 4) is 0 Å². The van der Waals surface area contributed by atoms with Crippen LogP contribution in [0.1, 0.15) is 22.9 Å². The van der Waals surface area contributed by atoms with Crippen LogP contribution in [0.3, 0.4) is 0 Å². The average Bonchev–Trinajstić information content (AvgIpc) is 2.60. The van der Waals surface area contributed by atoms with Gasteiger partial charge in [-0.25, -0.2) is 0 Å². The van der Waals surface area contributed by atoms with Gasteiger partial charge in [0.25, 0.3) is 0 Å². The molecule has 0 aliphatic heterocycles. The predicted octanol–water partition coefficient (Wildman–Crippen LogP) is 2.59. The fraction of sp³-hybridized carbons (Fsp3) is 0.308. The van der Waals surface area contributed by atoms with Crippen LogP contribution in [0.15, 0.2) is 18.2 Å². The Kier molecular flexibility index (Phi) is 3.25. The highest BCUT2D eigenvalue weighted by molar-refractivity contribution is 5.91. The number of aromatic nitrogens is 1. The Morgan fingerprint density at radius 3 is 2.50 bits per heavy atom. The van der Waals surface area contributed by atoms with Crippen molar-refractivity contribution in [3.05, 3.63) is 35.0 Å². The van der Waals surface area contributed by atoms with E-state index in [0.717, 1.165) is 12.1 Å². The maximum Gasteiger partial charge on any atom is 0.416 e. The van der Waals surface area contributed by atoms with E-state index < -0.39 is 23.8 Å². The van der Waals surface area contributed by atoms with Crippen LogP contribution in [-0.2, 0) is 18.0 Å². The minimum atomic E-state index is -4.48. The Morgan fingerprint density at radius 1 is 1.40 bits per heavy atom. The van der Waals surface area contributed by atoms with Crippen molar-refractivity contribution in [2.75, 3.05) is 0 Å². The molecule has 20 heavy (non-hydrogen) atoms. The lowest BCUT2D eigenvalue weighted by Crippen LogP contribution is -2.21. The number of hydrogen-bond donors (Lipinski definition) is 2. The molecular formula is C13H13F3N2O2. The van der Waals surface area contributed by atoms with Gasteiger partial charge in [0.15, 0.2) is 0 Å². The van der Waals surface area contributed by atoms with Crippen molar-refractivity contribution in [3.63, 3.8) is 0 Å². The van der Waals surface area contributed by atoms with Gasteiger partial charge in [-0.1, -0.05) is 0 Å². The molecule has 1 aromatic carbocycles. The number of fused-ring (bicyclic) bond motifs is 1. The molecule has 0 aliphatic carbocycles. The first kappa shape index (κ1) is 14.4. The second-order valence-electron chi connectivity index (χ2n) is 4.60. The molecule has 3 N–H and O–H groups in total. The summed E-state index contributed by atoms with van der Waals surface area (Å²) in [7, 11) is 1.66. The van der Waals surface area contributed by atoms with Gasteiger partial charge in [-0.3, -0.25) is 4.79 Å². The van der Waals surface area contributed by atoms with Gasteiger partial charge in [0, 0.05) is 29.2 Å². The number of aliphatic carboxylic acids is 1. The zero-order chi connectivity index (χ0) is 15.2. The molecule has 1 aromatic heterocycles. The highest BCUT2D eigenvalue weighted by Gasteiger charge is 2.32. The van der Waals surface area contributed by atoms with Crippen LogP contribution >= 0.6 is 0 Å². The summed E-state index contributed by atoms with van der Waals surface area (Å²) in [6, 6.07) is 1.88. The predicted molar refractivity (Wildman–Crippen MR) is 67.2 cm³/mol. The summed E-state index contributed by atoms with van der Waals surface area (Å²) in [5, 5.41) is 9.22. The van der Waals surface area contributed by atoms with E-state index in [-0.39, 0.29) is 10.9 Å². The maximum atomic E-state index is 12.8. The Hall–Kier alpha value is -2.02. The second kappa shape index (κ2) is 4.52. The molecule has 2 rings (SSSR count). The number of hydrogen-bond acceptors (Lipinski definition) is 2. The van der Waals surface area contributed by atoms with Crippen LogP contribution in [0, 0.1) is 6.92 Å². The topological polar surface area (TPSA) is 68.2 Å². The molecule has 0 fully saturated rings. The number of benzene rings is 1. The monoisotopic (exact) mass is 286 g/mol. The summed E-state index contributed by atoms with van der Waals surface area (Å²) in [6.07, 6.45) is -4.48. The first-order chi connectivity index (χ1) is 9.14. The van der Waals surface area contributed by atoms with E-state index in [0.29, 0.717) is 11.2 Å². The Balaban J connectivity index is 2.79. The maximum absolute atomic E-state index is 12.8. The average molecular weight is 286 g/mol. The number of carboxylic acids is 1. The normalized spacial score (nSPS) is 13.7. The van der Waals surface area contributed by atoms with Crippen molar-refractivity contribution < 1.29 is 23.1 Å². The molecule has 0 bridgehead atoms. The van der Waals surface area contributed by atoms with E-state index in [1.807, 2.05) is 0 Å². The van der Waals surface area contributed by atoms with Gasteiger partial charge >= 0.3 is 12.1 Å². The number of halogens is 3. The smallest absolute Gasteiger partial charge is 0.416 e. The SMILES string of the molecule is Cc1c(C(N)C(=O)O)c2cc(C(F)(F)F)ccc2n1C. The summed E-state index contributed by atoms with van der Waals surface area (Å²) in [5.74, 6) is -1.28. The molecule has 0 saturated carbocycles. The fourth-order valence-electron chi connectivity index (χ4n) is 2.29. The number of rotatable bonds is 2. The van der Waals surface area contributed by atoms with Crippen LogP contribution in [0.2, 0.25) is 0 Å². The lowest BCUT2D eigenvalue weighted by Gasteiger charge is -2.09. The van der Waals surface area contributed by atoms with Crippen molar-refractivity contribution in [2.45, 2.75) is 19.1 Å². The van der Waals surface area contributed by atoms with Gasteiger partial charge in [0.1, 0.15) is 6.04 Å². The number of alkyl halides is 3. The Bertz CT molecular complexity index is 689. The Labute approximate surface area is 112 Å². The van der Waals surface area contributed by atoms with E-state index in [1.165, 1.54) is 6.07 Å². The van der Waals surface area contributed by atoms with Gasteiger partial charge in [0.2, 0.25) is 0 Å². The largest absolute Gasteiger partial charge is 0.480 e. The highest BCUT2D eigenvalue weighted by atomic mass is 19.4. The van der Waals surface area contributed by atoms with Crippen molar-refractivity contribution in [1.29, 1.82) is 0 Å². The third-order valence-electron chi connectivity index (χ3n) is 3.45. The number of nitrogens with zero attached hydrogens (tertiary/aromatic N) is 1. The standard InChI is InChI=1S/C13H13F3N2O2/c1-6-10(11(17)12(19)20)8-5-7(13(14,15)16)3-4-9(8)18(6)2/h3-5,11H,17H2,1-2H3,(H,19,20). The first-order valence-corrected chi connectivity index (χ1v) is 5.79. The van der Waals surface area contributed by atoms with Gasteiger partial charge in [0.05, 0.1) is 5.56 Å². The van der Waals surface area contributed by atoms with Gasteiger partial charge in [-0.2, -0.15) is 13.2 Å². The number of carbonyl (C=O) groups is 1. The minimum Gasteiger partial charge on any atom is -0.480 e. The highest BCUT2D eigenvalue weighted by Crippen LogP contribution is 2.35. The summed E-state index contributed by atoms with van der Waals surface area (Å²) in [5.41, 5.74) is 6.02. The first-order valence-electron chi connectivity index (χ1n) is 5.79.